The van der Waals surface area contributed by atoms with Gasteiger partial charge in [0.05, 0.1) is 104 Å². The summed E-state index contributed by atoms with van der Waals surface area (Å²) in [5.41, 5.74) is 0.370. The molecule has 0 aromatic heterocycles. The summed E-state index contributed by atoms with van der Waals surface area (Å²) >= 11 is 0. The summed E-state index contributed by atoms with van der Waals surface area (Å²) in [4.78, 5) is 62.3. The van der Waals surface area contributed by atoms with Crippen LogP contribution in [0.3, 0.4) is 0 Å². The smallest absolute Gasteiger partial charge is 0.407 e. The molecule has 3 rings (SSSR count). The third-order valence-electron chi connectivity index (χ3n) is 7.18. The second-order valence-corrected chi connectivity index (χ2v) is 12.3. The van der Waals surface area contributed by atoms with Crippen LogP contribution in [-0.2, 0) is 47.5 Å². The van der Waals surface area contributed by atoms with Crippen LogP contribution in [0.1, 0.15) is 54.3 Å². The van der Waals surface area contributed by atoms with Crippen molar-refractivity contribution in [3.63, 3.8) is 0 Å². The van der Waals surface area contributed by atoms with Crippen LogP contribution in [0.15, 0.2) is 18.2 Å². The lowest BCUT2D eigenvalue weighted by Crippen LogP contribution is -2.54. The Kier molecular flexibility index (Phi) is 18.8. The second kappa shape index (κ2) is 23.0. The minimum Gasteiger partial charge on any atom is -0.444 e. The predicted octanol–water partition coefficient (Wildman–Crippen LogP) is 1.14. The van der Waals surface area contributed by atoms with Crippen molar-refractivity contribution < 1.29 is 61.9 Å². The monoisotopic (exact) mass is 724 g/mol. The van der Waals surface area contributed by atoms with Crippen molar-refractivity contribution in [3.05, 3.63) is 29.3 Å². The van der Waals surface area contributed by atoms with E-state index >= 15 is 0 Å². The zero-order valence-electron chi connectivity index (χ0n) is 29.8. The minimum absolute atomic E-state index is 0.0636. The zero-order valence-corrected chi connectivity index (χ0v) is 29.8. The first-order chi connectivity index (χ1) is 24.6. The first-order valence-electron chi connectivity index (χ1n) is 17.2. The van der Waals surface area contributed by atoms with E-state index in [-0.39, 0.29) is 24.0 Å². The second-order valence-electron chi connectivity index (χ2n) is 12.3. The fourth-order valence-corrected chi connectivity index (χ4v) is 4.88. The van der Waals surface area contributed by atoms with Crippen molar-refractivity contribution in [3.8, 4) is 0 Å². The number of nitrogens with one attached hydrogen (secondary N) is 3. The summed E-state index contributed by atoms with van der Waals surface area (Å²) in [5.74, 6) is -2.18. The Morgan fingerprint density at radius 3 is 1.71 bits per heavy atom. The molecule has 0 spiro atoms. The fourth-order valence-electron chi connectivity index (χ4n) is 4.88. The molecule has 1 aromatic rings. The molecule has 2 aliphatic rings. The van der Waals surface area contributed by atoms with E-state index in [1.165, 1.54) is 0 Å². The van der Waals surface area contributed by atoms with E-state index in [0.717, 1.165) is 4.90 Å². The maximum atomic E-state index is 13.1. The summed E-state index contributed by atoms with van der Waals surface area (Å²) < 4.78 is 43.4. The molecule has 17 heteroatoms. The topological polar surface area (TPSA) is 199 Å². The van der Waals surface area contributed by atoms with Gasteiger partial charge in [-0.1, -0.05) is 6.07 Å². The van der Waals surface area contributed by atoms with Crippen molar-refractivity contribution in [2.45, 2.75) is 45.3 Å². The number of hydrogen-bond acceptors (Lipinski definition) is 14. The molecule has 1 fully saturated rings. The fraction of sp³-hybridized carbons (Fsp3) is 0.676. The molecule has 2 heterocycles. The van der Waals surface area contributed by atoms with E-state index in [1.807, 2.05) is 0 Å². The lowest BCUT2D eigenvalue weighted by molar-refractivity contribution is -0.136. The van der Waals surface area contributed by atoms with Crippen molar-refractivity contribution in [1.29, 1.82) is 0 Å². The number of carbonyl (C=O) groups excluding carboxylic acids is 5. The number of carbonyl (C=O) groups is 5. The Balaban J connectivity index is 1.06. The normalized spacial score (nSPS) is 16.0. The maximum absolute atomic E-state index is 13.1. The molecule has 1 aromatic carbocycles. The number of ether oxygens (including phenoxy) is 8. The number of hydrogen-bond donors (Lipinski definition) is 3. The molecule has 1 unspecified atom stereocenters. The number of benzene rings is 1. The quantitative estimate of drug-likeness (QED) is 0.0908. The summed E-state index contributed by atoms with van der Waals surface area (Å²) in [6, 6.07) is 3.89. The lowest BCUT2D eigenvalue weighted by atomic mass is 10.0. The molecular weight excluding hydrogens is 672 g/mol. The maximum Gasteiger partial charge on any atom is 0.407 e. The predicted molar refractivity (Wildman–Crippen MR) is 182 cm³/mol. The van der Waals surface area contributed by atoms with Crippen LogP contribution in [0, 0.1) is 0 Å². The molecule has 0 radical (unpaired) electrons. The van der Waals surface area contributed by atoms with E-state index in [0.29, 0.717) is 111 Å². The van der Waals surface area contributed by atoms with Crippen molar-refractivity contribution >= 4 is 35.4 Å². The number of piperidine rings is 1. The van der Waals surface area contributed by atoms with Crippen molar-refractivity contribution in [2.75, 3.05) is 111 Å². The van der Waals surface area contributed by atoms with E-state index in [1.54, 1.807) is 39.0 Å². The molecule has 3 N–H and O–H groups in total. The lowest BCUT2D eigenvalue weighted by Gasteiger charge is -2.27. The van der Waals surface area contributed by atoms with Gasteiger partial charge in [0.1, 0.15) is 11.6 Å². The third-order valence-corrected chi connectivity index (χ3v) is 7.18. The Morgan fingerprint density at radius 1 is 0.725 bits per heavy atom. The Labute approximate surface area is 298 Å². The van der Waals surface area contributed by atoms with Gasteiger partial charge in [-0.3, -0.25) is 29.4 Å². The molecule has 286 valence electrons. The number of rotatable bonds is 26. The van der Waals surface area contributed by atoms with Crippen LogP contribution in [0.2, 0.25) is 0 Å². The van der Waals surface area contributed by atoms with Gasteiger partial charge in [-0.25, -0.2) is 4.79 Å². The molecule has 2 aliphatic heterocycles. The van der Waals surface area contributed by atoms with Crippen LogP contribution in [0.4, 0.5) is 10.5 Å². The molecule has 1 atom stereocenters. The van der Waals surface area contributed by atoms with E-state index in [4.69, 9.17) is 37.9 Å². The summed E-state index contributed by atoms with van der Waals surface area (Å²) in [6.07, 6.45) is -0.303. The van der Waals surface area contributed by atoms with Gasteiger partial charge in [-0.2, -0.15) is 0 Å². The highest BCUT2D eigenvalue weighted by molar-refractivity contribution is 6.25. The number of alkyl carbamates (subject to hydrolysis) is 1. The van der Waals surface area contributed by atoms with Crippen LogP contribution in [0.25, 0.3) is 0 Å². The zero-order chi connectivity index (χ0) is 36.9. The van der Waals surface area contributed by atoms with E-state index < -0.39 is 41.4 Å². The first kappa shape index (κ1) is 41.7. The number of nitrogens with zero attached hydrogens (tertiary/aromatic N) is 1. The molecule has 17 nitrogen and oxygen atoms in total. The molecule has 51 heavy (non-hydrogen) atoms. The van der Waals surface area contributed by atoms with Gasteiger partial charge in [-0.05, 0) is 39.3 Å². The molecule has 0 aliphatic carbocycles. The third kappa shape index (κ3) is 15.6. The Hall–Kier alpha value is -3.71. The summed E-state index contributed by atoms with van der Waals surface area (Å²) in [6.45, 7) is 12.0. The molecule has 0 saturated carbocycles. The van der Waals surface area contributed by atoms with Crippen LogP contribution < -0.4 is 16.0 Å². The van der Waals surface area contributed by atoms with Crippen LogP contribution in [0.5, 0.6) is 0 Å². The van der Waals surface area contributed by atoms with Crippen LogP contribution >= 0.6 is 0 Å². The van der Waals surface area contributed by atoms with Crippen molar-refractivity contribution in [1.82, 2.24) is 15.5 Å². The van der Waals surface area contributed by atoms with Crippen molar-refractivity contribution in [2.24, 2.45) is 0 Å². The number of fused-ring (bicyclic) bond motifs is 1. The number of imide groups is 2. The van der Waals surface area contributed by atoms with Crippen LogP contribution in [-0.4, -0.2) is 152 Å². The highest BCUT2D eigenvalue weighted by Gasteiger charge is 2.45. The molecular formula is C34H52N4O13. The highest BCUT2D eigenvalue weighted by atomic mass is 16.6. The summed E-state index contributed by atoms with van der Waals surface area (Å²) in [7, 11) is 0. The summed E-state index contributed by atoms with van der Waals surface area (Å²) in [5, 5.41) is 7.94. The van der Waals surface area contributed by atoms with E-state index in [9.17, 15) is 24.0 Å². The highest BCUT2D eigenvalue weighted by Crippen LogP contribution is 2.32. The standard InChI is InChI=1S/C34H52N4O13/c1-34(2,3)51-33(43)36-10-12-45-14-16-47-18-20-49-22-24-50-23-21-48-19-17-46-15-13-44-11-9-35-26-6-4-5-25-29(26)32(42)38(31(25)41)27-7-8-28(39)37-30(27)40/h4-6,27,35H,7-24H2,1-3H3,(H,36,43)(H,37,39,40). The number of anilines is 1. The first-order valence-corrected chi connectivity index (χ1v) is 17.2. The average molecular weight is 725 g/mol. The molecule has 5 amide bonds. The van der Waals surface area contributed by atoms with Gasteiger partial charge in [-0.15, -0.1) is 0 Å². The van der Waals surface area contributed by atoms with Gasteiger partial charge in [0.2, 0.25) is 11.8 Å². The van der Waals surface area contributed by atoms with Gasteiger partial charge in [0.15, 0.2) is 0 Å². The SMILES string of the molecule is CC(C)(C)OC(=O)NCCOCCOCCOCCOCCOCCOCCOCCNc1cccc2c1C(=O)N(C1CCC(=O)NC1=O)C2=O. The van der Waals surface area contributed by atoms with Gasteiger partial charge in [0.25, 0.3) is 11.8 Å². The molecule has 1 saturated heterocycles. The van der Waals surface area contributed by atoms with Gasteiger partial charge >= 0.3 is 6.09 Å². The minimum atomic E-state index is -1.01. The van der Waals surface area contributed by atoms with E-state index in [2.05, 4.69) is 16.0 Å². The largest absolute Gasteiger partial charge is 0.444 e. The molecule has 0 bridgehead atoms. The van der Waals surface area contributed by atoms with Gasteiger partial charge < -0.3 is 48.5 Å². The Morgan fingerprint density at radius 2 is 1.22 bits per heavy atom. The van der Waals surface area contributed by atoms with Gasteiger partial charge in [0, 0.05) is 25.2 Å². The number of amides is 5. The Bertz CT molecular complexity index is 1270. The average Bonchev–Trinajstić information content (AvgIpc) is 3.33.